The molecule has 1 aliphatic heterocycles. The van der Waals surface area contributed by atoms with Gasteiger partial charge in [0, 0.05) is 15.7 Å². The van der Waals surface area contributed by atoms with Crippen LogP contribution in [-0.2, 0) is 9.53 Å². The van der Waals surface area contributed by atoms with E-state index >= 15 is 0 Å². The second-order valence-electron chi connectivity index (χ2n) is 5.17. The predicted octanol–water partition coefficient (Wildman–Crippen LogP) is 3.65. The Morgan fingerprint density at radius 1 is 1.21 bits per heavy atom. The maximum Gasteiger partial charge on any atom is 0.337 e. The number of anilines is 1. The van der Waals surface area contributed by atoms with Crippen LogP contribution in [-0.4, -0.2) is 25.6 Å². The lowest BCUT2D eigenvalue weighted by atomic mass is 10.1. The minimum atomic E-state index is -0.454. The molecule has 0 saturated heterocycles. The van der Waals surface area contributed by atoms with Crippen LogP contribution < -0.4 is 10.1 Å². The topological polar surface area (TPSA) is 64.6 Å². The number of fused-ring (bicyclic) bond motifs is 1. The van der Waals surface area contributed by atoms with Gasteiger partial charge in [-0.15, -0.1) is 0 Å². The monoisotopic (exact) mass is 387 g/mol. The molecule has 1 N–H and O–H groups in total. The van der Waals surface area contributed by atoms with Crippen molar-refractivity contribution in [2.45, 2.75) is 0 Å². The first-order chi connectivity index (χ1) is 11.6. The van der Waals surface area contributed by atoms with E-state index in [1.54, 1.807) is 30.3 Å². The van der Waals surface area contributed by atoms with Crippen LogP contribution in [0.1, 0.15) is 15.9 Å². The molecule has 1 amide bonds. The van der Waals surface area contributed by atoms with E-state index < -0.39 is 5.97 Å². The zero-order chi connectivity index (χ0) is 17.1. The fourth-order valence-corrected chi connectivity index (χ4v) is 2.71. The van der Waals surface area contributed by atoms with E-state index in [0.29, 0.717) is 16.8 Å². The van der Waals surface area contributed by atoms with Crippen LogP contribution in [0.5, 0.6) is 5.75 Å². The van der Waals surface area contributed by atoms with Crippen LogP contribution in [0.3, 0.4) is 0 Å². The maximum absolute atomic E-state index is 12.4. The van der Waals surface area contributed by atoms with E-state index in [4.69, 9.17) is 4.74 Å². The lowest BCUT2D eigenvalue weighted by molar-refractivity contribution is -0.113. The Balaban J connectivity index is 1.80. The number of carbonyl (C=O) groups is 2. The number of carbonyl (C=O) groups excluding carboxylic acids is 2. The van der Waals surface area contributed by atoms with Gasteiger partial charge in [0.2, 0.25) is 0 Å². The number of amides is 1. The SMILES string of the molecule is COC(=O)c1cccc(NC(=O)C2=Cc3cc(Br)ccc3OC2)c1. The molecule has 0 aromatic heterocycles. The van der Waals surface area contributed by atoms with Gasteiger partial charge in [-0.1, -0.05) is 22.0 Å². The van der Waals surface area contributed by atoms with Crippen LogP contribution in [0.4, 0.5) is 5.69 Å². The Morgan fingerprint density at radius 3 is 2.83 bits per heavy atom. The highest BCUT2D eigenvalue weighted by Gasteiger charge is 2.18. The van der Waals surface area contributed by atoms with Crippen LogP contribution in [0.2, 0.25) is 0 Å². The molecule has 1 heterocycles. The standard InChI is InChI=1S/C18H14BrNO4/c1-23-18(22)11-3-2-4-15(9-11)20-17(21)13-7-12-8-14(19)5-6-16(12)24-10-13/h2-9H,10H2,1H3,(H,20,21). The van der Waals surface area contributed by atoms with Crippen molar-refractivity contribution in [1.29, 1.82) is 0 Å². The number of esters is 1. The van der Waals surface area contributed by atoms with Crippen molar-refractivity contribution in [1.82, 2.24) is 0 Å². The van der Waals surface area contributed by atoms with Gasteiger partial charge in [-0.25, -0.2) is 4.79 Å². The largest absolute Gasteiger partial charge is 0.488 e. The summed E-state index contributed by atoms with van der Waals surface area (Å²) >= 11 is 3.40. The molecule has 2 aromatic rings. The summed E-state index contributed by atoms with van der Waals surface area (Å²) in [5, 5.41) is 2.77. The number of hydrogen-bond acceptors (Lipinski definition) is 4. The summed E-state index contributed by atoms with van der Waals surface area (Å²) in [7, 11) is 1.31. The van der Waals surface area contributed by atoms with Crippen molar-refractivity contribution in [2.75, 3.05) is 19.0 Å². The van der Waals surface area contributed by atoms with Crippen molar-refractivity contribution in [3.8, 4) is 5.75 Å². The van der Waals surface area contributed by atoms with E-state index in [9.17, 15) is 9.59 Å². The van der Waals surface area contributed by atoms with Crippen molar-refractivity contribution in [2.24, 2.45) is 0 Å². The average molecular weight is 388 g/mol. The summed E-state index contributed by atoms with van der Waals surface area (Å²) in [5.74, 6) is 0.00942. The minimum absolute atomic E-state index is 0.192. The van der Waals surface area contributed by atoms with E-state index in [2.05, 4.69) is 26.0 Å². The van der Waals surface area contributed by atoms with Crippen molar-refractivity contribution in [3.63, 3.8) is 0 Å². The molecule has 2 aromatic carbocycles. The molecule has 0 atom stereocenters. The first kappa shape index (κ1) is 16.3. The molecule has 0 bridgehead atoms. The van der Waals surface area contributed by atoms with Crippen molar-refractivity contribution >= 4 is 39.6 Å². The molecule has 0 fully saturated rings. The van der Waals surface area contributed by atoms with E-state index in [0.717, 1.165) is 15.8 Å². The summed E-state index contributed by atoms with van der Waals surface area (Å²) in [5.41, 5.74) is 2.23. The number of methoxy groups -OCH3 is 1. The normalized spacial score (nSPS) is 12.5. The Labute approximate surface area is 147 Å². The fourth-order valence-electron chi connectivity index (χ4n) is 2.33. The Bertz CT molecular complexity index is 845. The van der Waals surface area contributed by atoms with E-state index in [1.807, 2.05) is 18.2 Å². The summed E-state index contributed by atoms with van der Waals surface area (Å²) in [6.07, 6.45) is 1.79. The lowest BCUT2D eigenvalue weighted by Crippen LogP contribution is -2.21. The second kappa shape index (κ2) is 6.88. The summed E-state index contributed by atoms with van der Waals surface area (Å²) in [6, 6.07) is 12.2. The number of rotatable bonds is 3. The fraction of sp³-hybridized carbons (Fsp3) is 0.111. The highest BCUT2D eigenvalue weighted by molar-refractivity contribution is 9.10. The van der Waals surface area contributed by atoms with Crippen LogP contribution in [0.15, 0.2) is 52.5 Å². The minimum Gasteiger partial charge on any atom is -0.488 e. The lowest BCUT2D eigenvalue weighted by Gasteiger charge is -2.18. The molecule has 0 unspecified atom stereocenters. The number of halogens is 1. The molecule has 3 rings (SSSR count). The van der Waals surface area contributed by atoms with Crippen LogP contribution in [0, 0.1) is 0 Å². The molecule has 24 heavy (non-hydrogen) atoms. The maximum atomic E-state index is 12.4. The summed E-state index contributed by atoms with van der Waals surface area (Å²) in [4.78, 5) is 24.0. The number of nitrogens with one attached hydrogen (secondary N) is 1. The number of ether oxygens (including phenoxy) is 2. The molecule has 0 aliphatic carbocycles. The van der Waals surface area contributed by atoms with Gasteiger partial charge in [-0.2, -0.15) is 0 Å². The first-order valence-corrected chi connectivity index (χ1v) is 7.99. The average Bonchev–Trinajstić information content (AvgIpc) is 2.60. The molecule has 0 spiro atoms. The molecule has 6 heteroatoms. The number of benzene rings is 2. The molecular weight excluding hydrogens is 374 g/mol. The second-order valence-corrected chi connectivity index (χ2v) is 6.08. The highest BCUT2D eigenvalue weighted by Crippen LogP contribution is 2.29. The first-order valence-electron chi connectivity index (χ1n) is 7.19. The number of hydrogen-bond donors (Lipinski definition) is 1. The highest BCUT2D eigenvalue weighted by atomic mass is 79.9. The van der Waals surface area contributed by atoms with Gasteiger partial charge in [0.1, 0.15) is 12.4 Å². The van der Waals surface area contributed by atoms with Gasteiger partial charge in [0.05, 0.1) is 18.2 Å². The van der Waals surface area contributed by atoms with Crippen molar-refractivity contribution in [3.05, 3.63) is 63.6 Å². The van der Waals surface area contributed by atoms with Gasteiger partial charge in [0.25, 0.3) is 5.91 Å². The molecule has 1 aliphatic rings. The zero-order valence-electron chi connectivity index (χ0n) is 12.8. The third-order valence-corrected chi connectivity index (χ3v) is 4.01. The Morgan fingerprint density at radius 2 is 2.04 bits per heavy atom. The molecule has 0 saturated carbocycles. The van der Waals surface area contributed by atoms with Gasteiger partial charge >= 0.3 is 5.97 Å². The third kappa shape index (κ3) is 3.49. The third-order valence-electron chi connectivity index (χ3n) is 3.52. The van der Waals surface area contributed by atoms with Gasteiger partial charge in [-0.05, 0) is 42.5 Å². The molecule has 0 radical (unpaired) electrons. The van der Waals surface area contributed by atoms with E-state index in [-0.39, 0.29) is 12.5 Å². The molecule has 5 nitrogen and oxygen atoms in total. The Hall–Kier alpha value is -2.60. The van der Waals surface area contributed by atoms with Gasteiger partial charge in [0.15, 0.2) is 0 Å². The van der Waals surface area contributed by atoms with Crippen LogP contribution >= 0.6 is 15.9 Å². The summed E-state index contributed by atoms with van der Waals surface area (Å²) < 4.78 is 11.2. The zero-order valence-corrected chi connectivity index (χ0v) is 14.4. The van der Waals surface area contributed by atoms with E-state index in [1.165, 1.54) is 7.11 Å². The molecular formula is C18H14BrNO4. The van der Waals surface area contributed by atoms with Gasteiger partial charge < -0.3 is 14.8 Å². The predicted molar refractivity (Wildman–Crippen MR) is 94.0 cm³/mol. The van der Waals surface area contributed by atoms with Crippen molar-refractivity contribution < 1.29 is 19.1 Å². The summed E-state index contributed by atoms with van der Waals surface area (Å²) in [6.45, 7) is 0.192. The quantitative estimate of drug-likeness (QED) is 0.816. The smallest absolute Gasteiger partial charge is 0.337 e. The van der Waals surface area contributed by atoms with Crippen LogP contribution in [0.25, 0.3) is 6.08 Å². The molecule has 122 valence electrons. The van der Waals surface area contributed by atoms with Gasteiger partial charge in [-0.3, -0.25) is 4.79 Å². The Kier molecular flexibility index (Phi) is 4.66.